The molecule has 2 nitrogen and oxygen atoms in total. The first-order valence-electron chi connectivity index (χ1n) is 6.40. The fourth-order valence-electron chi connectivity index (χ4n) is 2.27. The lowest BCUT2D eigenvalue weighted by Gasteiger charge is -2.21. The number of pyridine rings is 1. The third-order valence-corrected chi connectivity index (χ3v) is 3.34. The smallest absolute Gasteiger partial charge is 0.0315 e. The first-order chi connectivity index (χ1) is 8.68. The first kappa shape index (κ1) is 12.8. The van der Waals surface area contributed by atoms with E-state index in [4.69, 9.17) is 0 Å². The van der Waals surface area contributed by atoms with Gasteiger partial charge in [-0.2, -0.15) is 0 Å². The van der Waals surface area contributed by atoms with Gasteiger partial charge in [0.1, 0.15) is 0 Å². The topological polar surface area (TPSA) is 24.9 Å². The van der Waals surface area contributed by atoms with Gasteiger partial charge in [0.05, 0.1) is 0 Å². The van der Waals surface area contributed by atoms with Crippen LogP contribution in [0, 0.1) is 6.92 Å². The van der Waals surface area contributed by atoms with E-state index in [-0.39, 0.29) is 0 Å². The largest absolute Gasteiger partial charge is 0.304 e. The van der Waals surface area contributed by atoms with Crippen molar-refractivity contribution in [1.29, 1.82) is 0 Å². The molecule has 2 aromatic rings. The lowest BCUT2D eigenvalue weighted by Crippen LogP contribution is -2.23. The Balaban J connectivity index is 2.08. The minimum absolute atomic E-state index is 0.299. The molecule has 0 saturated carbocycles. The zero-order chi connectivity index (χ0) is 13.0. The van der Waals surface area contributed by atoms with Crippen LogP contribution in [-0.2, 0) is 0 Å². The van der Waals surface area contributed by atoms with E-state index in [0.717, 1.165) is 0 Å². The monoisotopic (exact) mass is 240 g/mol. The van der Waals surface area contributed by atoms with E-state index in [0.29, 0.717) is 12.1 Å². The second-order valence-electron chi connectivity index (χ2n) is 4.75. The molecule has 2 atom stereocenters. The van der Waals surface area contributed by atoms with Crippen LogP contribution in [0.15, 0.2) is 48.8 Å². The molecule has 94 valence electrons. The van der Waals surface area contributed by atoms with E-state index in [1.54, 1.807) is 6.20 Å². The van der Waals surface area contributed by atoms with Gasteiger partial charge in [0.25, 0.3) is 0 Å². The molecule has 0 bridgehead atoms. The molecule has 0 aliphatic heterocycles. The Morgan fingerprint density at radius 2 is 1.78 bits per heavy atom. The van der Waals surface area contributed by atoms with E-state index in [9.17, 15) is 0 Å². The van der Waals surface area contributed by atoms with E-state index in [1.807, 2.05) is 12.3 Å². The van der Waals surface area contributed by atoms with Crippen molar-refractivity contribution in [3.05, 3.63) is 65.5 Å². The molecule has 1 unspecified atom stereocenters. The summed E-state index contributed by atoms with van der Waals surface area (Å²) in [6.45, 7) is 6.53. The zero-order valence-electron chi connectivity index (χ0n) is 11.2. The van der Waals surface area contributed by atoms with Crippen molar-refractivity contribution in [2.45, 2.75) is 32.9 Å². The van der Waals surface area contributed by atoms with Gasteiger partial charge in [-0.15, -0.1) is 0 Å². The number of rotatable bonds is 4. The van der Waals surface area contributed by atoms with E-state index < -0.39 is 0 Å². The maximum atomic E-state index is 4.16. The molecule has 1 aromatic carbocycles. The average molecular weight is 240 g/mol. The quantitative estimate of drug-likeness (QED) is 0.879. The summed E-state index contributed by atoms with van der Waals surface area (Å²) in [6, 6.07) is 13.2. The Morgan fingerprint density at radius 1 is 1.00 bits per heavy atom. The summed E-state index contributed by atoms with van der Waals surface area (Å²) in [7, 11) is 0. The Bertz CT molecular complexity index is 493. The second-order valence-corrected chi connectivity index (χ2v) is 4.75. The molecule has 0 fully saturated rings. The molecule has 0 aliphatic rings. The van der Waals surface area contributed by atoms with E-state index in [1.165, 1.54) is 16.7 Å². The van der Waals surface area contributed by atoms with Crippen LogP contribution in [-0.4, -0.2) is 4.98 Å². The van der Waals surface area contributed by atoms with Crippen LogP contribution in [0.25, 0.3) is 0 Å². The normalized spacial score (nSPS) is 14.2. The maximum Gasteiger partial charge on any atom is 0.0315 e. The summed E-state index contributed by atoms with van der Waals surface area (Å²) in [5, 5.41) is 3.61. The van der Waals surface area contributed by atoms with Crippen molar-refractivity contribution in [2.75, 3.05) is 0 Å². The molecule has 2 rings (SSSR count). The molecular weight excluding hydrogens is 220 g/mol. The SMILES string of the molecule is Cc1ccccc1[C@@H](C)NC(C)c1cccnc1. The number of hydrogen-bond acceptors (Lipinski definition) is 2. The van der Waals surface area contributed by atoms with Gasteiger partial charge in [0, 0.05) is 24.5 Å². The third kappa shape index (κ3) is 2.96. The molecule has 18 heavy (non-hydrogen) atoms. The lowest BCUT2D eigenvalue weighted by atomic mass is 10.0. The van der Waals surface area contributed by atoms with Crippen LogP contribution in [0.2, 0.25) is 0 Å². The molecule has 0 radical (unpaired) electrons. The summed E-state index contributed by atoms with van der Waals surface area (Å²) < 4.78 is 0. The minimum Gasteiger partial charge on any atom is -0.304 e. The predicted molar refractivity (Wildman–Crippen MR) is 75.4 cm³/mol. The molecule has 1 aromatic heterocycles. The van der Waals surface area contributed by atoms with Gasteiger partial charge in [-0.1, -0.05) is 30.3 Å². The number of nitrogens with zero attached hydrogens (tertiary/aromatic N) is 1. The van der Waals surface area contributed by atoms with Gasteiger partial charge in [0.15, 0.2) is 0 Å². The molecule has 1 heterocycles. The van der Waals surface area contributed by atoms with Crippen molar-refractivity contribution >= 4 is 0 Å². The Labute approximate surface area is 109 Å². The molecule has 0 saturated heterocycles. The molecule has 0 spiro atoms. The highest BCUT2D eigenvalue weighted by molar-refractivity contribution is 5.28. The van der Waals surface area contributed by atoms with Gasteiger partial charge < -0.3 is 5.32 Å². The van der Waals surface area contributed by atoms with Gasteiger partial charge in [-0.05, 0) is 43.5 Å². The van der Waals surface area contributed by atoms with Crippen LogP contribution in [0.5, 0.6) is 0 Å². The highest BCUT2D eigenvalue weighted by Gasteiger charge is 2.12. The van der Waals surface area contributed by atoms with Gasteiger partial charge >= 0.3 is 0 Å². The Morgan fingerprint density at radius 3 is 2.44 bits per heavy atom. The fourth-order valence-corrected chi connectivity index (χ4v) is 2.27. The number of hydrogen-bond donors (Lipinski definition) is 1. The number of aryl methyl sites for hydroxylation is 1. The van der Waals surface area contributed by atoms with Crippen molar-refractivity contribution in [2.24, 2.45) is 0 Å². The second kappa shape index (κ2) is 5.78. The van der Waals surface area contributed by atoms with Crippen LogP contribution in [0.1, 0.15) is 42.6 Å². The van der Waals surface area contributed by atoms with Crippen LogP contribution >= 0.6 is 0 Å². The van der Waals surface area contributed by atoms with Gasteiger partial charge in [-0.25, -0.2) is 0 Å². The molecule has 2 heteroatoms. The van der Waals surface area contributed by atoms with Crippen molar-refractivity contribution in [3.8, 4) is 0 Å². The minimum atomic E-state index is 0.299. The third-order valence-electron chi connectivity index (χ3n) is 3.34. The lowest BCUT2D eigenvalue weighted by molar-refractivity contribution is 0.492. The fraction of sp³-hybridized carbons (Fsp3) is 0.312. The zero-order valence-corrected chi connectivity index (χ0v) is 11.2. The van der Waals surface area contributed by atoms with Crippen molar-refractivity contribution < 1.29 is 0 Å². The maximum absolute atomic E-state index is 4.16. The van der Waals surface area contributed by atoms with E-state index in [2.05, 4.69) is 61.4 Å². The summed E-state index contributed by atoms with van der Waals surface area (Å²) in [5.41, 5.74) is 3.90. The van der Waals surface area contributed by atoms with Crippen molar-refractivity contribution in [1.82, 2.24) is 10.3 Å². The van der Waals surface area contributed by atoms with Crippen LogP contribution < -0.4 is 5.32 Å². The Hall–Kier alpha value is -1.67. The number of nitrogens with one attached hydrogen (secondary N) is 1. The summed E-state index contributed by atoms with van der Waals surface area (Å²) in [6.07, 6.45) is 3.73. The van der Waals surface area contributed by atoms with Crippen LogP contribution in [0.3, 0.4) is 0 Å². The summed E-state index contributed by atoms with van der Waals surface area (Å²) >= 11 is 0. The van der Waals surface area contributed by atoms with Crippen LogP contribution in [0.4, 0.5) is 0 Å². The highest BCUT2D eigenvalue weighted by Crippen LogP contribution is 2.21. The molecular formula is C16H20N2. The Kier molecular flexibility index (Phi) is 4.11. The first-order valence-corrected chi connectivity index (χ1v) is 6.40. The standard InChI is InChI=1S/C16H20N2/c1-12-7-4-5-9-16(12)14(3)18-13(2)15-8-6-10-17-11-15/h4-11,13-14,18H,1-3H3/t13?,14-/m1/s1. The number of aromatic nitrogens is 1. The summed E-state index contributed by atoms with van der Waals surface area (Å²) in [4.78, 5) is 4.16. The molecule has 0 amide bonds. The molecule has 0 aliphatic carbocycles. The van der Waals surface area contributed by atoms with Gasteiger partial charge in [-0.3, -0.25) is 4.98 Å². The van der Waals surface area contributed by atoms with Gasteiger partial charge in [0.2, 0.25) is 0 Å². The summed E-state index contributed by atoms with van der Waals surface area (Å²) in [5.74, 6) is 0. The van der Waals surface area contributed by atoms with Crippen molar-refractivity contribution in [3.63, 3.8) is 0 Å². The molecule has 1 N–H and O–H groups in total. The average Bonchev–Trinajstić information content (AvgIpc) is 2.40. The highest BCUT2D eigenvalue weighted by atomic mass is 14.9. The number of benzene rings is 1. The predicted octanol–water partition coefficient (Wildman–Crippen LogP) is 3.80. The van der Waals surface area contributed by atoms with E-state index >= 15 is 0 Å².